The van der Waals surface area contributed by atoms with E-state index in [0.717, 1.165) is 27.6 Å². The monoisotopic (exact) mass is 374 g/mol. The molecule has 0 saturated heterocycles. The van der Waals surface area contributed by atoms with Gasteiger partial charge in [-0.3, -0.25) is 10.9 Å². The van der Waals surface area contributed by atoms with Gasteiger partial charge in [0.2, 0.25) is 5.13 Å². The number of hydrogen-bond donors (Lipinski definition) is 3. The average Bonchev–Trinajstić information content (AvgIpc) is 3.06. The third kappa shape index (κ3) is 4.23. The normalized spacial score (nSPS) is 10.2. The lowest BCUT2D eigenvalue weighted by Crippen LogP contribution is -2.33. The van der Waals surface area contributed by atoms with E-state index in [1.165, 1.54) is 11.3 Å². The molecule has 3 aromatic rings. The maximum Gasteiger partial charge on any atom is 0.202 e. The number of halogens is 1. The van der Waals surface area contributed by atoms with Gasteiger partial charge in [-0.05, 0) is 36.8 Å². The van der Waals surface area contributed by atoms with Gasteiger partial charge in [-0.15, -0.1) is 11.3 Å². The van der Waals surface area contributed by atoms with Gasteiger partial charge in [-0.2, -0.15) is 0 Å². The Balaban J connectivity index is 1.56. The van der Waals surface area contributed by atoms with Crippen molar-refractivity contribution in [3.05, 3.63) is 64.5 Å². The lowest BCUT2D eigenvalue weighted by molar-refractivity contribution is 1.12. The number of anilines is 2. The number of hydrogen-bond acceptors (Lipinski definition) is 4. The molecule has 122 valence electrons. The SMILES string of the molecule is Cc1ccc(NC(=S)NNc2nc(-c3ccccc3)cs2)cc1Cl. The van der Waals surface area contributed by atoms with Crippen LogP contribution in [0.2, 0.25) is 5.02 Å². The van der Waals surface area contributed by atoms with Crippen LogP contribution in [0.4, 0.5) is 10.8 Å². The molecule has 0 radical (unpaired) electrons. The van der Waals surface area contributed by atoms with Gasteiger partial charge in [0.25, 0.3) is 0 Å². The summed E-state index contributed by atoms with van der Waals surface area (Å²) >= 11 is 12.9. The molecule has 0 aliphatic carbocycles. The summed E-state index contributed by atoms with van der Waals surface area (Å²) in [4.78, 5) is 4.52. The third-order valence-electron chi connectivity index (χ3n) is 3.29. The topological polar surface area (TPSA) is 49.0 Å². The van der Waals surface area contributed by atoms with Crippen LogP contribution in [0.3, 0.4) is 0 Å². The Morgan fingerprint density at radius 3 is 2.71 bits per heavy atom. The van der Waals surface area contributed by atoms with Crippen molar-refractivity contribution in [1.82, 2.24) is 10.4 Å². The standard InChI is InChI=1S/C17H15ClN4S2/c1-11-7-8-13(9-14(11)18)19-16(23)21-22-17-20-15(10-24-17)12-5-3-2-4-6-12/h2-10H,1H3,(H,20,22)(H2,19,21,23). The second-order valence-corrected chi connectivity index (χ2v) is 6.75. The van der Waals surface area contributed by atoms with Crippen LogP contribution < -0.4 is 16.2 Å². The van der Waals surface area contributed by atoms with Crippen molar-refractivity contribution in [2.75, 3.05) is 10.7 Å². The second-order valence-electron chi connectivity index (χ2n) is 5.07. The van der Waals surface area contributed by atoms with E-state index in [9.17, 15) is 0 Å². The third-order valence-corrected chi connectivity index (χ3v) is 4.66. The Labute approximate surface area is 154 Å². The largest absolute Gasteiger partial charge is 0.331 e. The van der Waals surface area contributed by atoms with Crippen LogP contribution in [0.25, 0.3) is 11.3 Å². The summed E-state index contributed by atoms with van der Waals surface area (Å²) in [6, 6.07) is 15.7. The number of hydrazine groups is 1. The van der Waals surface area contributed by atoms with Crippen LogP contribution in [0.1, 0.15) is 5.56 Å². The fourth-order valence-electron chi connectivity index (χ4n) is 2.02. The smallest absolute Gasteiger partial charge is 0.202 e. The number of thiocarbonyl (C=S) groups is 1. The number of thiazole rings is 1. The summed E-state index contributed by atoms with van der Waals surface area (Å²) in [7, 11) is 0. The summed E-state index contributed by atoms with van der Waals surface area (Å²) in [5.74, 6) is 0. The molecule has 0 saturated carbocycles. The minimum absolute atomic E-state index is 0.436. The first kappa shape index (κ1) is 16.7. The average molecular weight is 375 g/mol. The van der Waals surface area contributed by atoms with Crippen LogP contribution >= 0.6 is 35.2 Å². The quantitative estimate of drug-likeness (QED) is 0.439. The number of nitrogens with zero attached hydrogens (tertiary/aromatic N) is 1. The van der Waals surface area contributed by atoms with E-state index < -0.39 is 0 Å². The number of nitrogens with one attached hydrogen (secondary N) is 3. The fraction of sp³-hybridized carbons (Fsp3) is 0.0588. The first-order valence-electron chi connectivity index (χ1n) is 7.22. The van der Waals surface area contributed by atoms with E-state index >= 15 is 0 Å². The van der Waals surface area contributed by atoms with Gasteiger partial charge in [0.1, 0.15) is 0 Å². The molecule has 0 aliphatic rings. The van der Waals surface area contributed by atoms with Crippen LogP contribution in [0, 0.1) is 6.92 Å². The highest BCUT2D eigenvalue weighted by Crippen LogP contribution is 2.24. The predicted molar refractivity (Wildman–Crippen MR) is 107 cm³/mol. The molecule has 0 fully saturated rings. The van der Waals surface area contributed by atoms with Crippen molar-refractivity contribution in [2.24, 2.45) is 0 Å². The molecule has 0 bridgehead atoms. The maximum absolute atomic E-state index is 6.10. The molecule has 1 heterocycles. The van der Waals surface area contributed by atoms with Crippen LogP contribution in [0.15, 0.2) is 53.9 Å². The van der Waals surface area contributed by atoms with Gasteiger partial charge in [-0.25, -0.2) is 4.98 Å². The molecular formula is C17H15ClN4S2. The maximum atomic E-state index is 6.10. The Morgan fingerprint density at radius 2 is 1.96 bits per heavy atom. The van der Waals surface area contributed by atoms with Crippen LogP contribution in [-0.2, 0) is 0 Å². The molecule has 3 N–H and O–H groups in total. The summed E-state index contributed by atoms with van der Waals surface area (Å²) in [6.07, 6.45) is 0. The molecule has 1 aromatic heterocycles. The second kappa shape index (κ2) is 7.61. The Hall–Kier alpha value is -2.15. The van der Waals surface area contributed by atoms with Gasteiger partial charge in [0.05, 0.1) is 5.69 Å². The predicted octanol–water partition coefficient (Wildman–Crippen LogP) is 5.09. The summed E-state index contributed by atoms with van der Waals surface area (Å²) in [5, 5.41) is 6.93. The van der Waals surface area contributed by atoms with Crippen LogP contribution in [-0.4, -0.2) is 10.1 Å². The highest BCUT2D eigenvalue weighted by Gasteiger charge is 2.05. The van der Waals surface area contributed by atoms with Gasteiger partial charge in [0, 0.05) is 21.7 Å². The highest BCUT2D eigenvalue weighted by atomic mass is 35.5. The number of benzene rings is 2. The molecule has 0 amide bonds. The van der Waals surface area contributed by atoms with Gasteiger partial charge in [-0.1, -0.05) is 48.0 Å². The lowest BCUT2D eigenvalue weighted by Gasteiger charge is -2.11. The van der Waals surface area contributed by atoms with E-state index in [0.29, 0.717) is 10.1 Å². The molecule has 3 rings (SSSR count). The zero-order valence-corrected chi connectivity index (χ0v) is 15.2. The molecule has 24 heavy (non-hydrogen) atoms. The van der Waals surface area contributed by atoms with E-state index in [4.69, 9.17) is 23.8 Å². The van der Waals surface area contributed by atoms with Crippen molar-refractivity contribution in [3.8, 4) is 11.3 Å². The molecule has 4 nitrogen and oxygen atoms in total. The number of aryl methyl sites for hydroxylation is 1. The Kier molecular flexibility index (Phi) is 5.30. The van der Waals surface area contributed by atoms with Crippen molar-refractivity contribution in [2.45, 2.75) is 6.92 Å². The Morgan fingerprint density at radius 1 is 1.17 bits per heavy atom. The van der Waals surface area contributed by atoms with Crippen molar-refractivity contribution in [1.29, 1.82) is 0 Å². The van der Waals surface area contributed by atoms with Crippen molar-refractivity contribution < 1.29 is 0 Å². The molecular weight excluding hydrogens is 360 g/mol. The molecule has 0 spiro atoms. The molecule has 0 aliphatic heterocycles. The zero-order valence-electron chi connectivity index (χ0n) is 12.8. The number of rotatable bonds is 4. The van der Waals surface area contributed by atoms with Crippen LogP contribution in [0.5, 0.6) is 0 Å². The first-order valence-corrected chi connectivity index (χ1v) is 8.88. The minimum atomic E-state index is 0.436. The van der Waals surface area contributed by atoms with Gasteiger partial charge >= 0.3 is 0 Å². The van der Waals surface area contributed by atoms with Gasteiger partial charge in [0.15, 0.2) is 5.11 Å². The summed E-state index contributed by atoms with van der Waals surface area (Å²) in [6.45, 7) is 1.96. The summed E-state index contributed by atoms with van der Waals surface area (Å²) in [5.41, 5.74) is 9.78. The molecule has 0 atom stereocenters. The molecule has 2 aromatic carbocycles. The van der Waals surface area contributed by atoms with Crippen molar-refractivity contribution in [3.63, 3.8) is 0 Å². The van der Waals surface area contributed by atoms with E-state index in [1.54, 1.807) is 0 Å². The van der Waals surface area contributed by atoms with Gasteiger partial charge < -0.3 is 5.32 Å². The molecule has 0 unspecified atom stereocenters. The number of aromatic nitrogens is 1. The van der Waals surface area contributed by atoms with Crippen molar-refractivity contribution >= 4 is 51.1 Å². The highest BCUT2D eigenvalue weighted by molar-refractivity contribution is 7.80. The lowest BCUT2D eigenvalue weighted by atomic mass is 10.2. The Bertz CT molecular complexity index is 849. The fourth-order valence-corrected chi connectivity index (χ4v) is 3.04. The summed E-state index contributed by atoms with van der Waals surface area (Å²) < 4.78 is 0. The minimum Gasteiger partial charge on any atom is -0.331 e. The van der Waals surface area contributed by atoms with E-state index in [1.807, 2.05) is 60.8 Å². The van der Waals surface area contributed by atoms with E-state index in [-0.39, 0.29) is 0 Å². The first-order chi connectivity index (χ1) is 11.6. The van der Waals surface area contributed by atoms with E-state index in [2.05, 4.69) is 21.2 Å². The molecule has 7 heteroatoms. The zero-order chi connectivity index (χ0) is 16.9.